The standard InChI is InChI=1S/C13H17FN2O3/c1-9(13(18)19)16(2)8-12(17)15-7-10-3-5-11(14)6-4-10/h3-6,9H,7-8H2,1-2H3,(H,15,17)(H,18,19). The average molecular weight is 268 g/mol. The summed E-state index contributed by atoms with van der Waals surface area (Å²) >= 11 is 0. The lowest BCUT2D eigenvalue weighted by Crippen LogP contribution is -2.42. The molecule has 19 heavy (non-hydrogen) atoms. The lowest BCUT2D eigenvalue weighted by Gasteiger charge is -2.20. The predicted octanol–water partition coefficient (Wildman–Crippen LogP) is 0.847. The molecule has 0 saturated heterocycles. The van der Waals surface area contributed by atoms with E-state index in [-0.39, 0.29) is 24.8 Å². The van der Waals surface area contributed by atoms with E-state index in [4.69, 9.17) is 5.11 Å². The summed E-state index contributed by atoms with van der Waals surface area (Å²) in [5.41, 5.74) is 0.781. The van der Waals surface area contributed by atoms with Crippen LogP contribution in [-0.2, 0) is 16.1 Å². The Balaban J connectivity index is 2.39. The number of nitrogens with one attached hydrogen (secondary N) is 1. The molecule has 0 heterocycles. The van der Waals surface area contributed by atoms with E-state index in [1.807, 2.05) is 0 Å². The number of carbonyl (C=O) groups is 2. The van der Waals surface area contributed by atoms with E-state index in [2.05, 4.69) is 5.32 Å². The first kappa shape index (κ1) is 15.1. The van der Waals surface area contributed by atoms with E-state index in [0.717, 1.165) is 5.56 Å². The first-order valence-corrected chi connectivity index (χ1v) is 5.84. The van der Waals surface area contributed by atoms with Gasteiger partial charge in [0.25, 0.3) is 0 Å². The molecule has 1 aromatic rings. The summed E-state index contributed by atoms with van der Waals surface area (Å²) in [7, 11) is 1.57. The van der Waals surface area contributed by atoms with Gasteiger partial charge >= 0.3 is 5.97 Å². The third-order valence-electron chi connectivity index (χ3n) is 2.81. The van der Waals surface area contributed by atoms with Crippen LogP contribution in [-0.4, -0.2) is 41.5 Å². The number of hydrogen-bond donors (Lipinski definition) is 2. The summed E-state index contributed by atoms with van der Waals surface area (Å²) < 4.78 is 12.7. The van der Waals surface area contributed by atoms with E-state index < -0.39 is 12.0 Å². The molecule has 6 heteroatoms. The first-order chi connectivity index (χ1) is 8.90. The summed E-state index contributed by atoms with van der Waals surface area (Å²) in [4.78, 5) is 23.8. The van der Waals surface area contributed by atoms with E-state index in [1.54, 1.807) is 19.2 Å². The minimum atomic E-state index is -0.978. The molecule has 1 rings (SSSR count). The van der Waals surface area contributed by atoms with Gasteiger partial charge < -0.3 is 10.4 Å². The van der Waals surface area contributed by atoms with Gasteiger partial charge in [-0.15, -0.1) is 0 Å². The van der Waals surface area contributed by atoms with Crippen molar-refractivity contribution in [2.24, 2.45) is 0 Å². The van der Waals surface area contributed by atoms with Gasteiger partial charge in [-0.05, 0) is 31.7 Å². The highest BCUT2D eigenvalue weighted by Crippen LogP contribution is 2.02. The fourth-order valence-electron chi connectivity index (χ4n) is 1.41. The molecule has 1 atom stereocenters. The Morgan fingerprint density at radius 3 is 2.47 bits per heavy atom. The third-order valence-corrected chi connectivity index (χ3v) is 2.81. The number of likely N-dealkylation sites (N-methyl/N-ethyl adjacent to an activating group) is 1. The van der Waals surface area contributed by atoms with Crippen molar-refractivity contribution in [1.29, 1.82) is 0 Å². The molecule has 1 amide bonds. The molecule has 0 saturated carbocycles. The molecule has 0 fully saturated rings. The van der Waals surface area contributed by atoms with E-state index in [0.29, 0.717) is 0 Å². The van der Waals surface area contributed by atoms with E-state index in [9.17, 15) is 14.0 Å². The number of amides is 1. The van der Waals surface area contributed by atoms with Gasteiger partial charge in [-0.25, -0.2) is 4.39 Å². The van der Waals surface area contributed by atoms with Crippen molar-refractivity contribution in [3.8, 4) is 0 Å². The van der Waals surface area contributed by atoms with Gasteiger partial charge in [0.2, 0.25) is 5.91 Å². The van der Waals surface area contributed by atoms with Crippen LogP contribution in [0.15, 0.2) is 24.3 Å². The number of hydrogen-bond acceptors (Lipinski definition) is 3. The molecular formula is C13H17FN2O3. The second kappa shape index (κ2) is 6.84. The maximum Gasteiger partial charge on any atom is 0.320 e. The first-order valence-electron chi connectivity index (χ1n) is 5.84. The molecule has 2 N–H and O–H groups in total. The molecule has 1 aromatic carbocycles. The van der Waals surface area contributed by atoms with Crippen molar-refractivity contribution in [2.45, 2.75) is 19.5 Å². The number of carbonyl (C=O) groups excluding carboxylic acids is 1. The zero-order chi connectivity index (χ0) is 14.4. The number of halogens is 1. The number of carboxylic acid groups (broad SMARTS) is 1. The molecular weight excluding hydrogens is 251 g/mol. The number of rotatable bonds is 6. The van der Waals surface area contributed by atoms with Crippen LogP contribution in [0.3, 0.4) is 0 Å². The Labute approximate surface area is 111 Å². The minimum Gasteiger partial charge on any atom is -0.480 e. The normalized spacial score (nSPS) is 12.2. The second-order valence-corrected chi connectivity index (χ2v) is 4.33. The summed E-state index contributed by atoms with van der Waals surface area (Å²) in [5, 5.41) is 11.4. The lowest BCUT2D eigenvalue weighted by molar-refractivity contribution is -0.142. The molecule has 0 aliphatic carbocycles. The summed E-state index contributed by atoms with van der Waals surface area (Å²) in [6.07, 6.45) is 0. The van der Waals surface area contributed by atoms with E-state index in [1.165, 1.54) is 24.0 Å². The van der Waals surface area contributed by atoms with Crippen LogP contribution in [0.25, 0.3) is 0 Å². The van der Waals surface area contributed by atoms with Gasteiger partial charge in [0.15, 0.2) is 0 Å². The lowest BCUT2D eigenvalue weighted by atomic mass is 10.2. The summed E-state index contributed by atoms with van der Waals surface area (Å²) in [6.45, 7) is 1.79. The van der Waals surface area contributed by atoms with Crippen LogP contribution < -0.4 is 5.32 Å². The molecule has 0 bridgehead atoms. The second-order valence-electron chi connectivity index (χ2n) is 4.33. The van der Waals surface area contributed by atoms with Crippen molar-refractivity contribution >= 4 is 11.9 Å². The van der Waals surface area contributed by atoms with Crippen molar-refractivity contribution in [3.63, 3.8) is 0 Å². The number of nitrogens with zero attached hydrogens (tertiary/aromatic N) is 1. The predicted molar refractivity (Wildman–Crippen MR) is 68.0 cm³/mol. The van der Waals surface area contributed by atoms with Crippen LogP contribution in [0.4, 0.5) is 4.39 Å². The molecule has 0 spiro atoms. The Hall–Kier alpha value is -1.95. The molecule has 0 aliphatic heterocycles. The zero-order valence-electron chi connectivity index (χ0n) is 10.9. The van der Waals surface area contributed by atoms with Gasteiger partial charge in [0.05, 0.1) is 6.54 Å². The van der Waals surface area contributed by atoms with Gasteiger partial charge in [0.1, 0.15) is 11.9 Å². The minimum absolute atomic E-state index is 0.00530. The quantitative estimate of drug-likeness (QED) is 0.802. The van der Waals surface area contributed by atoms with Crippen LogP contribution in [0.5, 0.6) is 0 Å². The fourth-order valence-corrected chi connectivity index (χ4v) is 1.41. The molecule has 5 nitrogen and oxygen atoms in total. The molecule has 0 aliphatic rings. The number of aliphatic carboxylic acids is 1. The van der Waals surface area contributed by atoms with Crippen molar-refractivity contribution in [3.05, 3.63) is 35.6 Å². The van der Waals surface area contributed by atoms with E-state index >= 15 is 0 Å². The monoisotopic (exact) mass is 268 g/mol. The number of carboxylic acids is 1. The van der Waals surface area contributed by atoms with Crippen molar-refractivity contribution < 1.29 is 19.1 Å². The average Bonchev–Trinajstić information content (AvgIpc) is 2.37. The fraction of sp³-hybridized carbons (Fsp3) is 0.385. The Bertz CT molecular complexity index is 448. The maximum absolute atomic E-state index is 12.7. The highest BCUT2D eigenvalue weighted by molar-refractivity contribution is 5.79. The van der Waals surface area contributed by atoms with Crippen LogP contribution in [0.1, 0.15) is 12.5 Å². The molecule has 1 unspecified atom stereocenters. The van der Waals surface area contributed by atoms with Gasteiger partial charge in [-0.3, -0.25) is 14.5 Å². The molecule has 0 radical (unpaired) electrons. The Kier molecular flexibility index (Phi) is 5.44. The maximum atomic E-state index is 12.7. The Morgan fingerprint density at radius 1 is 1.37 bits per heavy atom. The van der Waals surface area contributed by atoms with Gasteiger partial charge in [0, 0.05) is 6.54 Å². The smallest absolute Gasteiger partial charge is 0.320 e. The molecule has 104 valence electrons. The van der Waals surface area contributed by atoms with Crippen molar-refractivity contribution in [1.82, 2.24) is 10.2 Å². The van der Waals surface area contributed by atoms with Gasteiger partial charge in [-0.1, -0.05) is 12.1 Å². The summed E-state index contributed by atoms with van der Waals surface area (Å²) in [5.74, 6) is -1.58. The molecule has 0 aromatic heterocycles. The summed E-state index contributed by atoms with van der Waals surface area (Å²) in [6, 6.07) is 5.08. The zero-order valence-corrected chi connectivity index (χ0v) is 10.9. The van der Waals surface area contributed by atoms with Crippen LogP contribution >= 0.6 is 0 Å². The topological polar surface area (TPSA) is 69.6 Å². The SMILES string of the molecule is CC(C(=O)O)N(C)CC(=O)NCc1ccc(F)cc1. The largest absolute Gasteiger partial charge is 0.480 e. The highest BCUT2D eigenvalue weighted by atomic mass is 19.1. The third kappa shape index (κ3) is 5.05. The van der Waals surface area contributed by atoms with Gasteiger partial charge in [-0.2, -0.15) is 0 Å². The van der Waals surface area contributed by atoms with Crippen LogP contribution in [0, 0.1) is 5.82 Å². The number of benzene rings is 1. The van der Waals surface area contributed by atoms with Crippen molar-refractivity contribution in [2.75, 3.05) is 13.6 Å². The highest BCUT2D eigenvalue weighted by Gasteiger charge is 2.18. The van der Waals surface area contributed by atoms with Crippen LogP contribution in [0.2, 0.25) is 0 Å². The Morgan fingerprint density at radius 2 is 1.95 bits per heavy atom.